The van der Waals surface area contributed by atoms with Crippen molar-refractivity contribution in [1.82, 2.24) is 15.0 Å². The van der Waals surface area contributed by atoms with Gasteiger partial charge in [-0.3, -0.25) is 4.98 Å². The molecule has 2 aromatic heterocycles. The van der Waals surface area contributed by atoms with Crippen molar-refractivity contribution < 1.29 is 9.90 Å². The third kappa shape index (κ3) is 2.76. The number of pyridine rings is 1. The maximum atomic E-state index is 10.8. The Morgan fingerprint density at radius 1 is 1.29 bits per heavy atom. The summed E-state index contributed by atoms with van der Waals surface area (Å²) < 4.78 is 0. The Morgan fingerprint density at radius 3 is 2.59 bits per heavy atom. The number of aromatic nitrogens is 3. The number of carboxylic acid groups (broad SMARTS) is 1. The van der Waals surface area contributed by atoms with Crippen LogP contribution in [0.2, 0.25) is 0 Å². The van der Waals surface area contributed by atoms with Gasteiger partial charge in [-0.15, -0.1) is 12.4 Å². The zero-order chi connectivity index (χ0) is 11.5. The van der Waals surface area contributed by atoms with Crippen LogP contribution in [0.3, 0.4) is 0 Å². The van der Waals surface area contributed by atoms with Crippen LogP contribution in [0.15, 0.2) is 30.6 Å². The van der Waals surface area contributed by atoms with Gasteiger partial charge in [0.15, 0.2) is 5.82 Å². The lowest BCUT2D eigenvalue weighted by atomic mass is 10.2. The van der Waals surface area contributed by atoms with E-state index in [1.807, 2.05) is 6.07 Å². The highest BCUT2D eigenvalue weighted by molar-refractivity contribution is 5.88. The molecule has 1 N–H and O–H groups in total. The lowest BCUT2D eigenvalue weighted by Gasteiger charge is -2.02. The number of halogens is 1. The molecule has 2 aromatic rings. The van der Waals surface area contributed by atoms with E-state index in [9.17, 15) is 4.79 Å². The quantitative estimate of drug-likeness (QED) is 0.883. The maximum absolute atomic E-state index is 10.8. The average molecular weight is 252 g/mol. The van der Waals surface area contributed by atoms with Gasteiger partial charge in [-0.05, 0) is 19.1 Å². The number of carboxylic acids is 1. The first-order valence-corrected chi connectivity index (χ1v) is 4.67. The molecule has 0 atom stereocenters. The maximum Gasteiger partial charge on any atom is 0.339 e. The Balaban J connectivity index is 0.00000144. The summed E-state index contributed by atoms with van der Waals surface area (Å²) in [6.07, 6.45) is 2.94. The number of carbonyl (C=O) groups is 1. The first kappa shape index (κ1) is 13.1. The molecule has 0 saturated carbocycles. The molecule has 0 saturated heterocycles. The molecule has 0 spiro atoms. The second-order valence-electron chi connectivity index (χ2n) is 3.21. The van der Waals surface area contributed by atoms with Gasteiger partial charge in [-0.25, -0.2) is 14.8 Å². The zero-order valence-corrected chi connectivity index (χ0v) is 9.81. The van der Waals surface area contributed by atoms with E-state index >= 15 is 0 Å². The highest BCUT2D eigenvalue weighted by atomic mass is 35.5. The van der Waals surface area contributed by atoms with Crippen molar-refractivity contribution in [2.24, 2.45) is 0 Å². The molecule has 0 fully saturated rings. The molecule has 0 aliphatic heterocycles. The Bertz CT molecular complexity index is 531. The van der Waals surface area contributed by atoms with Crippen LogP contribution in [0.1, 0.15) is 16.1 Å². The lowest BCUT2D eigenvalue weighted by Crippen LogP contribution is -2.04. The molecule has 2 rings (SSSR count). The molecular weight excluding hydrogens is 242 g/mol. The van der Waals surface area contributed by atoms with Crippen LogP contribution in [0.4, 0.5) is 0 Å². The summed E-state index contributed by atoms with van der Waals surface area (Å²) in [5.74, 6) is -0.590. The van der Waals surface area contributed by atoms with E-state index in [4.69, 9.17) is 5.11 Å². The van der Waals surface area contributed by atoms with Crippen molar-refractivity contribution in [3.63, 3.8) is 0 Å². The highest BCUT2D eigenvalue weighted by Crippen LogP contribution is 2.12. The predicted molar refractivity (Wildman–Crippen MR) is 64.2 cm³/mol. The zero-order valence-electron chi connectivity index (χ0n) is 8.99. The highest BCUT2D eigenvalue weighted by Gasteiger charge is 2.10. The van der Waals surface area contributed by atoms with Crippen molar-refractivity contribution in [2.45, 2.75) is 6.92 Å². The summed E-state index contributed by atoms with van der Waals surface area (Å²) in [4.78, 5) is 23.0. The van der Waals surface area contributed by atoms with E-state index in [1.165, 1.54) is 6.20 Å². The lowest BCUT2D eigenvalue weighted by molar-refractivity contribution is 0.0695. The Hall–Kier alpha value is -2.01. The molecule has 5 nitrogen and oxygen atoms in total. The number of rotatable bonds is 2. The SMILES string of the molecule is Cc1nc(-c2ccccn2)ncc1C(=O)O.Cl. The fourth-order valence-electron chi connectivity index (χ4n) is 1.30. The standard InChI is InChI=1S/C11H9N3O2.ClH/c1-7-8(11(15)16)6-13-10(14-7)9-4-2-3-5-12-9;/h2-6H,1H3,(H,15,16);1H. The second kappa shape index (κ2) is 5.36. The van der Waals surface area contributed by atoms with Crippen molar-refractivity contribution in [3.8, 4) is 11.5 Å². The van der Waals surface area contributed by atoms with Gasteiger partial charge in [0, 0.05) is 12.4 Å². The fourth-order valence-corrected chi connectivity index (χ4v) is 1.30. The molecule has 0 bridgehead atoms. The molecule has 0 aromatic carbocycles. The molecule has 88 valence electrons. The normalized spacial score (nSPS) is 9.47. The van der Waals surface area contributed by atoms with Crippen LogP contribution in [-0.4, -0.2) is 26.0 Å². The minimum absolute atomic E-state index is 0. The third-order valence-electron chi connectivity index (χ3n) is 2.10. The van der Waals surface area contributed by atoms with E-state index in [0.29, 0.717) is 17.2 Å². The van der Waals surface area contributed by atoms with Crippen LogP contribution < -0.4 is 0 Å². The van der Waals surface area contributed by atoms with Crippen LogP contribution in [-0.2, 0) is 0 Å². The minimum Gasteiger partial charge on any atom is -0.478 e. The average Bonchev–Trinajstić information content (AvgIpc) is 2.29. The second-order valence-corrected chi connectivity index (χ2v) is 3.21. The first-order chi connectivity index (χ1) is 7.68. The smallest absolute Gasteiger partial charge is 0.339 e. The topological polar surface area (TPSA) is 76.0 Å². The number of aromatic carboxylic acids is 1. The Labute approximate surface area is 104 Å². The van der Waals surface area contributed by atoms with Gasteiger partial charge in [0.1, 0.15) is 5.69 Å². The number of hydrogen-bond donors (Lipinski definition) is 1. The van der Waals surface area contributed by atoms with Gasteiger partial charge in [0.05, 0.1) is 11.3 Å². The van der Waals surface area contributed by atoms with Crippen molar-refractivity contribution >= 4 is 18.4 Å². The largest absolute Gasteiger partial charge is 0.478 e. The summed E-state index contributed by atoms with van der Waals surface area (Å²) in [6, 6.07) is 5.39. The van der Waals surface area contributed by atoms with Gasteiger partial charge < -0.3 is 5.11 Å². The summed E-state index contributed by atoms with van der Waals surface area (Å²) in [5.41, 5.74) is 1.17. The molecule has 17 heavy (non-hydrogen) atoms. The predicted octanol–water partition coefficient (Wildman–Crippen LogP) is 1.97. The van der Waals surface area contributed by atoms with E-state index < -0.39 is 5.97 Å². The first-order valence-electron chi connectivity index (χ1n) is 4.67. The van der Waals surface area contributed by atoms with Crippen LogP contribution >= 0.6 is 12.4 Å². The minimum atomic E-state index is -1.02. The van der Waals surface area contributed by atoms with E-state index in [1.54, 1.807) is 25.3 Å². The van der Waals surface area contributed by atoms with Gasteiger partial charge in [-0.1, -0.05) is 6.07 Å². The third-order valence-corrected chi connectivity index (χ3v) is 2.10. The summed E-state index contributed by atoms with van der Waals surface area (Å²) in [7, 11) is 0. The van der Waals surface area contributed by atoms with Gasteiger partial charge in [0.25, 0.3) is 0 Å². The summed E-state index contributed by atoms with van der Waals surface area (Å²) in [6.45, 7) is 1.64. The number of hydrogen-bond acceptors (Lipinski definition) is 4. The molecule has 2 heterocycles. The van der Waals surface area contributed by atoms with Crippen molar-refractivity contribution in [3.05, 3.63) is 41.9 Å². The monoisotopic (exact) mass is 251 g/mol. The Kier molecular flexibility index (Phi) is 4.12. The van der Waals surface area contributed by atoms with Crippen molar-refractivity contribution in [1.29, 1.82) is 0 Å². The van der Waals surface area contributed by atoms with Gasteiger partial charge in [0.2, 0.25) is 0 Å². The van der Waals surface area contributed by atoms with Crippen LogP contribution in [0.5, 0.6) is 0 Å². The number of aryl methyl sites for hydroxylation is 1. The van der Waals surface area contributed by atoms with E-state index in [-0.39, 0.29) is 18.0 Å². The van der Waals surface area contributed by atoms with Crippen molar-refractivity contribution in [2.75, 3.05) is 0 Å². The molecule has 0 radical (unpaired) electrons. The molecule has 0 aliphatic carbocycles. The van der Waals surface area contributed by atoms with Crippen LogP contribution in [0, 0.1) is 6.92 Å². The molecule has 0 aliphatic rings. The fraction of sp³-hybridized carbons (Fsp3) is 0.0909. The van der Waals surface area contributed by atoms with E-state index in [0.717, 1.165) is 0 Å². The molecule has 0 amide bonds. The Morgan fingerprint density at radius 2 is 2.06 bits per heavy atom. The van der Waals surface area contributed by atoms with Gasteiger partial charge >= 0.3 is 5.97 Å². The summed E-state index contributed by atoms with van der Waals surface area (Å²) >= 11 is 0. The van der Waals surface area contributed by atoms with Crippen LogP contribution in [0.25, 0.3) is 11.5 Å². The van der Waals surface area contributed by atoms with Gasteiger partial charge in [-0.2, -0.15) is 0 Å². The molecule has 6 heteroatoms. The summed E-state index contributed by atoms with van der Waals surface area (Å²) in [5, 5.41) is 8.83. The van der Waals surface area contributed by atoms with E-state index in [2.05, 4.69) is 15.0 Å². The number of nitrogens with zero attached hydrogens (tertiary/aromatic N) is 3. The molecule has 0 unspecified atom stereocenters. The molecular formula is C11H10ClN3O2.